The van der Waals surface area contributed by atoms with Gasteiger partial charge in [0.2, 0.25) is 0 Å². The Labute approximate surface area is 150 Å². The number of aromatic amines is 1. The van der Waals surface area contributed by atoms with Gasteiger partial charge < -0.3 is 10.4 Å². The molecule has 0 saturated heterocycles. The SMILES string of the molecule is C[C@@H](CC(=O)O)c1c[nH]nc1NC(=O)Nc1ccc(I)cc1Cl. The summed E-state index contributed by atoms with van der Waals surface area (Å²) in [4.78, 5) is 22.9. The van der Waals surface area contributed by atoms with Crippen LogP contribution in [0, 0.1) is 3.57 Å². The number of nitrogens with zero attached hydrogens (tertiary/aromatic N) is 1. The number of carboxylic acids is 1. The molecule has 9 heteroatoms. The first-order valence-corrected chi connectivity index (χ1v) is 8.11. The molecule has 0 aliphatic carbocycles. The fourth-order valence-electron chi connectivity index (χ4n) is 2.00. The van der Waals surface area contributed by atoms with Crippen LogP contribution >= 0.6 is 34.2 Å². The number of carbonyl (C=O) groups is 2. The Balaban J connectivity index is 2.06. The third-order valence-corrected chi connectivity index (χ3v) is 4.08. The zero-order valence-electron chi connectivity index (χ0n) is 12.1. The number of halogens is 2. The Morgan fingerprint density at radius 1 is 1.43 bits per heavy atom. The number of H-pyrrole nitrogens is 1. The van der Waals surface area contributed by atoms with E-state index < -0.39 is 12.0 Å². The van der Waals surface area contributed by atoms with Gasteiger partial charge in [-0.3, -0.25) is 15.2 Å². The lowest BCUT2D eigenvalue weighted by molar-refractivity contribution is -0.137. The monoisotopic (exact) mass is 448 g/mol. The van der Waals surface area contributed by atoms with Crippen molar-refractivity contribution in [2.45, 2.75) is 19.3 Å². The van der Waals surface area contributed by atoms with Gasteiger partial charge >= 0.3 is 12.0 Å². The van der Waals surface area contributed by atoms with E-state index in [-0.39, 0.29) is 18.2 Å². The molecular weight excluding hydrogens is 435 g/mol. The molecule has 7 nitrogen and oxygen atoms in total. The van der Waals surface area contributed by atoms with Crippen LogP contribution < -0.4 is 10.6 Å². The minimum atomic E-state index is -0.917. The van der Waals surface area contributed by atoms with Crippen LogP contribution in [0.2, 0.25) is 5.02 Å². The first kappa shape index (κ1) is 17.5. The molecule has 2 amide bonds. The molecular formula is C14H14ClIN4O3. The maximum absolute atomic E-state index is 12.1. The predicted molar refractivity (Wildman–Crippen MR) is 96.1 cm³/mol. The van der Waals surface area contributed by atoms with Gasteiger partial charge in [0.25, 0.3) is 0 Å². The summed E-state index contributed by atoms with van der Waals surface area (Å²) in [5, 5.41) is 21.1. The minimum absolute atomic E-state index is 0.0568. The fourth-order valence-corrected chi connectivity index (χ4v) is 2.90. The lowest BCUT2D eigenvalue weighted by atomic mass is 10.0. The van der Waals surface area contributed by atoms with Gasteiger partial charge in [0.1, 0.15) is 0 Å². The molecule has 0 bridgehead atoms. The van der Waals surface area contributed by atoms with E-state index in [0.29, 0.717) is 16.3 Å². The fraction of sp³-hybridized carbons (Fsp3) is 0.214. The largest absolute Gasteiger partial charge is 0.481 e. The molecule has 0 spiro atoms. The van der Waals surface area contributed by atoms with E-state index in [0.717, 1.165) is 3.57 Å². The molecule has 2 aromatic rings. The van der Waals surface area contributed by atoms with Gasteiger partial charge in [-0.25, -0.2) is 4.79 Å². The predicted octanol–water partition coefficient (Wildman–Crippen LogP) is 3.89. The quantitative estimate of drug-likeness (QED) is 0.521. The van der Waals surface area contributed by atoms with E-state index >= 15 is 0 Å². The normalized spacial score (nSPS) is 11.8. The number of nitrogens with one attached hydrogen (secondary N) is 3. The molecule has 2 rings (SSSR count). The van der Waals surface area contributed by atoms with Crippen LogP contribution in [0.3, 0.4) is 0 Å². The summed E-state index contributed by atoms with van der Waals surface area (Å²) >= 11 is 8.18. The Bertz CT molecular complexity index is 735. The van der Waals surface area contributed by atoms with Gasteiger partial charge in [-0.1, -0.05) is 18.5 Å². The summed E-state index contributed by atoms with van der Waals surface area (Å²) in [7, 11) is 0. The first-order chi connectivity index (χ1) is 10.9. The van der Waals surface area contributed by atoms with Crippen LogP contribution in [-0.4, -0.2) is 27.3 Å². The molecule has 0 aliphatic heterocycles. The molecule has 1 heterocycles. The molecule has 1 aromatic carbocycles. The number of carbonyl (C=O) groups excluding carboxylic acids is 1. The number of hydrogen-bond acceptors (Lipinski definition) is 3. The molecule has 1 aromatic heterocycles. The summed E-state index contributed by atoms with van der Waals surface area (Å²) in [5.74, 6) is -0.916. The lowest BCUT2D eigenvalue weighted by Crippen LogP contribution is -2.21. The van der Waals surface area contributed by atoms with E-state index in [1.54, 1.807) is 25.3 Å². The first-order valence-electron chi connectivity index (χ1n) is 6.65. The van der Waals surface area contributed by atoms with Crippen LogP contribution in [0.15, 0.2) is 24.4 Å². The van der Waals surface area contributed by atoms with Crippen molar-refractivity contribution in [3.05, 3.63) is 38.6 Å². The topological polar surface area (TPSA) is 107 Å². The van der Waals surface area contributed by atoms with Crippen molar-refractivity contribution in [2.75, 3.05) is 10.6 Å². The van der Waals surface area contributed by atoms with E-state index in [2.05, 4.69) is 43.4 Å². The maximum atomic E-state index is 12.1. The van der Waals surface area contributed by atoms with Crippen molar-refractivity contribution >= 4 is 57.7 Å². The Kier molecular flexibility index (Phi) is 5.83. The van der Waals surface area contributed by atoms with Crippen LogP contribution in [0.5, 0.6) is 0 Å². The van der Waals surface area contributed by atoms with Gasteiger partial charge in [-0.05, 0) is 46.7 Å². The average molecular weight is 449 g/mol. The van der Waals surface area contributed by atoms with Crippen molar-refractivity contribution < 1.29 is 14.7 Å². The van der Waals surface area contributed by atoms with Gasteiger partial charge in [-0.15, -0.1) is 0 Å². The van der Waals surface area contributed by atoms with Crippen molar-refractivity contribution in [3.8, 4) is 0 Å². The highest BCUT2D eigenvalue weighted by Crippen LogP contribution is 2.26. The van der Waals surface area contributed by atoms with E-state index in [1.165, 1.54) is 0 Å². The van der Waals surface area contributed by atoms with Gasteiger partial charge in [0, 0.05) is 15.3 Å². The third kappa shape index (κ3) is 4.83. The number of urea groups is 1. The van der Waals surface area contributed by atoms with Crippen LogP contribution in [0.1, 0.15) is 24.8 Å². The standard InChI is InChI=1S/C14H14ClIN4O3/c1-7(4-12(21)22)9-6-17-20-13(9)19-14(23)18-11-3-2-8(16)5-10(11)15/h2-3,5-7H,4H2,1H3,(H,21,22)(H3,17,18,19,20,23)/t7-/m0/s1. The van der Waals surface area contributed by atoms with E-state index in [4.69, 9.17) is 16.7 Å². The van der Waals surface area contributed by atoms with Crippen molar-refractivity contribution in [2.24, 2.45) is 0 Å². The van der Waals surface area contributed by atoms with Crippen LogP contribution in [0.25, 0.3) is 0 Å². The molecule has 4 N–H and O–H groups in total. The maximum Gasteiger partial charge on any atom is 0.324 e. The number of aliphatic carboxylic acids is 1. The highest BCUT2D eigenvalue weighted by atomic mass is 127. The number of carboxylic acid groups (broad SMARTS) is 1. The summed E-state index contributed by atoms with van der Waals surface area (Å²) in [6.07, 6.45) is 1.51. The Morgan fingerprint density at radius 3 is 2.83 bits per heavy atom. The number of anilines is 2. The Hall–Kier alpha value is -1.81. The number of hydrogen-bond donors (Lipinski definition) is 4. The van der Waals surface area contributed by atoms with Crippen molar-refractivity contribution in [1.29, 1.82) is 0 Å². The number of amides is 2. The molecule has 0 unspecified atom stereocenters. The second kappa shape index (κ2) is 7.64. The van der Waals surface area contributed by atoms with Gasteiger partial charge in [0.15, 0.2) is 5.82 Å². The second-order valence-electron chi connectivity index (χ2n) is 4.89. The third-order valence-electron chi connectivity index (χ3n) is 3.09. The number of aromatic nitrogens is 2. The number of rotatable bonds is 5. The highest BCUT2D eigenvalue weighted by Gasteiger charge is 2.18. The molecule has 0 radical (unpaired) electrons. The number of benzene rings is 1. The average Bonchev–Trinajstić information content (AvgIpc) is 2.89. The van der Waals surface area contributed by atoms with E-state index in [9.17, 15) is 9.59 Å². The molecule has 0 fully saturated rings. The summed E-state index contributed by atoms with van der Waals surface area (Å²) in [6.45, 7) is 1.75. The molecule has 23 heavy (non-hydrogen) atoms. The van der Waals surface area contributed by atoms with Crippen molar-refractivity contribution in [3.63, 3.8) is 0 Å². The lowest BCUT2D eigenvalue weighted by Gasteiger charge is -2.11. The zero-order chi connectivity index (χ0) is 17.0. The molecule has 1 atom stereocenters. The Morgan fingerprint density at radius 2 is 2.17 bits per heavy atom. The molecule has 0 saturated carbocycles. The molecule has 0 aliphatic rings. The minimum Gasteiger partial charge on any atom is -0.481 e. The summed E-state index contributed by atoms with van der Waals surface area (Å²) in [5.41, 5.74) is 1.09. The molecule has 122 valence electrons. The highest BCUT2D eigenvalue weighted by molar-refractivity contribution is 14.1. The second-order valence-corrected chi connectivity index (χ2v) is 6.54. The van der Waals surface area contributed by atoms with Crippen molar-refractivity contribution in [1.82, 2.24) is 10.2 Å². The van der Waals surface area contributed by atoms with Crippen LogP contribution in [0.4, 0.5) is 16.3 Å². The van der Waals surface area contributed by atoms with E-state index in [1.807, 2.05) is 6.07 Å². The van der Waals surface area contributed by atoms with Gasteiger partial charge in [0.05, 0.1) is 17.1 Å². The summed E-state index contributed by atoms with van der Waals surface area (Å²) < 4.78 is 0.954. The van der Waals surface area contributed by atoms with Crippen LogP contribution in [-0.2, 0) is 4.79 Å². The van der Waals surface area contributed by atoms with Gasteiger partial charge in [-0.2, -0.15) is 5.10 Å². The summed E-state index contributed by atoms with van der Waals surface area (Å²) in [6, 6.07) is 4.73. The smallest absolute Gasteiger partial charge is 0.324 e. The zero-order valence-corrected chi connectivity index (χ0v) is 15.0.